The monoisotopic (exact) mass is 232 g/mol. The van der Waals surface area contributed by atoms with Crippen LogP contribution in [0.4, 0.5) is 13.2 Å². The van der Waals surface area contributed by atoms with E-state index in [-0.39, 0.29) is 13.1 Å². The summed E-state index contributed by atoms with van der Waals surface area (Å²) in [4.78, 5) is 0. The molecule has 1 heterocycles. The molecule has 1 aliphatic rings. The van der Waals surface area contributed by atoms with Crippen LogP contribution >= 0.6 is 0 Å². The lowest BCUT2D eigenvalue weighted by Crippen LogP contribution is -2.49. The van der Waals surface area contributed by atoms with Gasteiger partial charge in [-0.05, 0) is 12.8 Å². The first-order valence-corrected chi connectivity index (χ1v) is 5.51. The molecule has 14 heavy (non-hydrogen) atoms. The van der Waals surface area contributed by atoms with Gasteiger partial charge in [-0.15, -0.1) is 0 Å². The number of hydrogen-bond acceptors (Lipinski definition) is 3. The van der Waals surface area contributed by atoms with Gasteiger partial charge in [-0.25, -0.2) is 8.42 Å². The molecule has 0 aromatic rings. The summed E-state index contributed by atoms with van der Waals surface area (Å²) >= 11 is 0. The third kappa shape index (κ3) is 2.18. The van der Waals surface area contributed by atoms with E-state index >= 15 is 0 Å². The molecule has 0 amide bonds. The van der Waals surface area contributed by atoms with E-state index in [2.05, 4.69) is 0 Å². The van der Waals surface area contributed by atoms with Crippen LogP contribution in [0.3, 0.4) is 0 Å². The van der Waals surface area contributed by atoms with E-state index in [0.29, 0.717) is 17.1 Å². The molecule has 0 aromatic carbocycles. The third-order valence-corrected chi connectivity index (χ3v) is 3.65. The first-order valence-electron chi connectivity index (χ1n) is 4.07. The van der Waals surface area contributed by atoms with E-state index in [4.69, 9.17) is 5.73 Å². The van der Waals surface area contributed by atoms with E-state index in [1.165, 1.54) is 0 Å². The topological polar surface area (TPSA) is 63.4 Å². The maximum Gasteiger partial charge on any atom is 0.511 e. The molecule has 1 aliphatic heterocycles. The summed E-state index contributed by atoms with van der Waals surface area (Å²) < 4.78 is 58.4. The average Bonchev–Trinajstić information content (AvgIpc) is 2.02. The minimum absolute atomic E-state index is 0.102. The predicted octanol–water partition coefficient (Wildman–Crippen LogP) is 0.259. The lowest BCUT2D eigenvalue weighted by atomic mass is 10.1. The van der Waals surface area contributed by atoms with Crippen LogP contribution in [0.25, 0.3) is 0 Å². The van der Waals surface area contributed by atoms with Crippen molar-refractivity contribution in [2.75, 3.05) is 13.1 Å². The van der Waals surface area contributed by atoms with Crippen molar-refractivity contribution in [2.45, 2.75) is 24.4 Å². The molecule has 0 radical (unpaired) electrons. The number of halogens is 3. The normalized spacial score (nSPS) is 26.4. The van der Waals surface area contributed by atoms with E-state index in [0.717, 1.165) is 0 Å². The van der Waals surface area contributed by atoms with Gasteiger partial charge in [0, 0.05) is 19.1 Å². The Morgan fingerprint density at radius 3 is 2.36 bits per heavy atom. The Hall–Kier alpha value is -0.340. The van der Waals surface area contributed by atoms with Gasteiger partial charge in [0.05, 0.1) is 0 Å². The molecule has 4 nitrogen and oxygen atoms in total. The Bertz CT molecular complexity index is 301. The molecule has 0 saturated carbocycles. The largest absolute Gasteiger partial charge is 0.511 e. The highest BCUT2D eigenvalue weighted by Crippen LogP contribution is 2.28. The minimum atomic E-state index is -5.22. The molecule has 0 spiro atoms. The third-order valence-electron chi connectivity index (χ3n) is 2.05. The van der Waals surface area contributed by atoms with Crippen LogP contribution < -0.4 is 5.73 Å². The molecular weight excluding hydrogens is 221 g/mol. The van der Waals surface area contributed by atoms with Crippen LogP contribution in [0.5, 0.6) is 0 Å². The maximum absolute atomic E-state index is 12.1. The van der Waals surface area contributed by atoms with Gasteiger partial charge in [-0.3, -0.25) is 0 Å². The number of hydrogen-bond donors (Lipinski definition) is 1. The number of sulfonamides is 1. The fraction of sp³-hybridized carbons (Fsp3) is 1.00. The highest BCUT2D eigenvalue weighted by atomic mass is 32.2. The van der Waals surface area contributed by atoms with Crippen molar-refractivity contribution in [1.82, 2.24) is 4.31 Å². The van der Waals surface area contributed by atoms with Crippen LogP contribution in [-0.2, 0) is 10.0 Å². The summed E-state index contributed by atoms with van der Waals surface area (Å²) in [5.41, 5.74) is 0.173. The van der Waals surface area contributed by atoms with Crippen molar-refractivity contribution in [3.05, 3.63) is 0 Å². The van der Waals surface area contributed by atoms with Crippen LogP contribution in [0.2, 0.25) is 0 Å². The number of nitrogens with zero attached hydrogens (tertiary/aromatic N) is 1. The number of nitrogens with two attached hydrogens (primary N) is 1. The summed E-state index contributed by atoms with van der Waals surface area (Å²) in [7, 11) is -5.18. The first kappa shape index (κ1) is 11.7. The Balaban J connectivity index is 2.83. The van der Waals surface area contributed by atoms with Crippen molar-refractivity contribution >= 4 is 10.0 Å². The van der Waals surface area contributed by atoms with Crippen molar-refractivity contribution < 1.29 is 21.6 Å². The van der Waals surface area contributed by atoms with Crippen LogP contribution in [-0.4, -0.2) is 37.4 Å². The van der Waals surface area contributed by atoms with Gasteiger partial charge in [0.1, 0.15) is 0 Å². The lowest BCUT2D eigenvalue weighted by molar-refractivity contribution is -0.0494. The lowest BCUT2D eigenvalue weighted by Gasteiger charge is -2.30. The molecule has 1 fully saturated rings. The zero-order valence-corrected chi connectivity index (χ0v) is 8.11. The highest BCUT2D eigenvalue weighted by molar-refractivity contribution is 7.90. The SMILES string of the molecule is N[C@H]1CCCN(S(=O)(=O)C(F)(F)F)C1. The quantitative estimate of drug-likeness (QED) is 0.705. The van der Waals surface area contributed by atoms with Gasteiger partial charge in [0.2, 0.25) is 0 Å². The van der Waals surface area contributed by atoms with Gasteiger partial charge >= 0.3 is 15.5 Å². The number of alkyl halides is 3. The van der Waals surface area contributed by atoms with E-state index in [1.807, 2.05) is 0 Å². The molecule has 2 N–H and O–H groups in total. The van der Waals surface area contributed by atoms with E-state index < -0.39 is 21.6 Å². The molecule has 0 unspecified atom stereocenters. The molecule has 1 atom stereocenters. The fourth-order valence-electron chi connectivity index (χ4n) is 1.34. The summed E-state index contributed by atoms with van der Waals surface area (Å²) in [6.45, 7) is -0.350. The molecule has 1 rings (SSSR count). The number of piperidine rings is 1. The van der Waals surface area contributed by atoms with E-state index in [9.17, 15) is 21.6 Å². The average molecular weight is 232 g/mol. The minimum Gasteiger partial charge on any atom is -0.327 e. The summed E-state index contributed by atoms with van der Waals surface area (Å²) in [5, 5.41) is 0. The smallest absolute Gasteiger partial charge is 0.327 e. The van der Waals surface area contributed by atoms with Gasteiger partial charge in [0.25, 0.3) is 0 Å². The fourth-order valence-corrected chi connectivity index (χ4v) is 2.39. The van der Waals surface area contributed by atoms with Crippen molar-refractivity contribution in [3.8, 4) is 0 Å². The van der Waals surface area contributed by atoms with Crippen LogP contribution in [0.1, 0.15) is 12.8 Å². The summed E-state index contributed by atoms with van der Waals surface area (Å²) in [6.07, 6.45) is 0.931. The molecular formula is C6H11F3N2O2S. The van der Waals surface area contributed by atoms with Gasteiger partial charge in [-0.1, -0.05) is 0 Å². The van der Waals surface area contributed by atoms with Gasteiger partial charge < -0.3 is 5.73 Å². The Labute approximate surface area is 79.9 Å². The summed E-state index contributed by atoms with van der Waals surface area (Å²) in [6, 6.07) is -0.499. The second-order valence-electron chi connectivity index (χ2n) is 3.21. The Morgan fingerprint density at radius 2 is 1.93 bits per heavy atom. The standard InChI is InChI=1S/C6H11F3N2O2S/c7-6(8,9)14(12,13)11-3-1-2-5(10)4-11/h5H,1-4,10H2/t5-/m0/s1. The van der Waals surface area contributed by atoms with Crippen molar-refractivity contribution in [3.63, 3.8) is 0 Å². The van der Waals surface area contributed by atoms with Crippen LogP contribution in [0.15, 0.2) is 0 Å². The molecule has 0 aromatic heterocycles. The second-order valence-corrected chi connectivity index (χ2v) is 5.14. The summed E-state index contributed by atoms with van der Waals surface area (Å²) in [5.74, 6) is 0. The molecule has 1 saturated heterocycles. The Kier molecular flexibility index (Phi) is 3.07. The zero-order valence-electron chi connectivity index (χ0n) is 7.29. The number of rotatable bonds is 1. The molecule has 0 aliphatic carbocycles. The molecule has 84 valence electrons. The van der Waals surface area contributed by atoms with Gasteiger partial charge in [-0.2, -0.15) is 17.5 Å². The van der Waals surface area contributed by atoms with Crippen LogP contribution in [0, 0.1) is 0 Å². The first-order chi connectivity index (χ1) is 6.25. The Morgan fingerprint density at radius 1 is 1.36 bits per heavy atom. The van der Waals surface area contributed by atoms with Crippen molar-refractivity contribution in [1.29, 1.82) is 0 Å². The second kappa shape index (κ2) is 3.67. The molecule has 8 heteroatoms. The maximum atomic E-state index is 12.1. The zero-order chi connectivity index (χ0) is 11.0. The predicted molar refractivity (Wildman–Crippen MR) is 43.8 cm³/mol. The van der Waals surface area contributed by atoms with Gasteiger partial charge in [0.15, 0.2) is 0 Å². The van der Waals surface area contributed by atoms with Crippen molar-refractivity contribution in [2.24, 2.45) is 5.73 Å². The molecule has 0 bridgehead atoms. The highest BCUT2D eigenvalue weighted by Gasteiger charge is 2.50. The van der Waals surface area contributed by atoms with E-state index in [1.54, 1.807) is 0 Å².